The molecule has 31 heavy (non-hydrogen) atoms. The maximum Gasteiger partial charge on any atom is 0.343 e. The van der Waals surface area contributed by atoms with Crippen LogP contribution in [0.4, 0.5) is 0 Å². The molecule has 0 saturated heterocycles. The molecule has 0 aromatic heterocycles. The molecule has 2 aromatic rings. The molecule has 2 rings (SSSR count). The number of nitrogens with two attached hydrogens (primary N) is 1. The molecule has 9 heteroatoms. The Balaban J connectivity index is 1.69. The minimum absolute atomic E-state index is 0.274. The van der Waals surface area contributed by atoms with Gasteiger partial charge in [-0.15, -0.1) is 0 Å². The first kappa shape index (κ1) is 23.6. The third-order valence-corrected chi connectivity index (χ3v) is 4.31. The largest absolute Gasteiger partial charge is 0.480 e. The number of unbranched alkanes of at least 4 members (excludes halogenated alkanes) is 1. The van der Waals surface area contributed by atoms with E-state index in [9.17, 15) is 19.2 Å². The van der Waals surface area contributed by atoms with Crippen LogP contribution in [0.5, 0.6) is 5.75 Å². The van der Waals surface area contributed by atoms with Gasteiger partial charge < -0.3 is 26.2 Å². The van der Waals surface area contributed by atoms with E-state index in [1.807, 2.05) is 0 Å². The standard InChI is InChI=1S/C22H25N3O6/c23-18(21(29)25-14-19(26)27)8-4-5-13-24-20(28)15-9-11-17(12-10-15)31-22(30)16-6-2-1-3-7-16/h1-3,6-7,9-12,18H,4-5,8,13-14,23H2,(H,24,28)(H,25,29)(H,26,27)/t18-/m1/s1. The highest BCUT2D eigenvalue weighted by molar-refractivity contribution is 5.94. The number of hydrogen-bond acceptors (Lipinski definition) is 6. The lowest BCUT2D eigenvalue weighted by atomic mass is 10.1. The summed E-state index contributed by atoms with van der Waals surface area (Å²) in [5.41, 5.74) is 6.55. The predicted molar refractivity (Wildman–Crippen MR) is 113 cm³/mol. The Morgan fingerprint density at radius 3 is 2.23 bits per heavy atom. The molecule has 2 aromatic carbocycles. The van der Waals surface area contributed by atoms with E-state index in [-0.39, 0.29) is 5.91 Å². The van der Waals surface area contributed by atoms with E-state index in [2.05, 4.69) is 10.6 Å². The van der Waals surface area contributed by atoms with Crippen molar-refractivity contribution >= 4 is 23.8 Å². The van der Waals surface area contributed by atoms with Crippen molar-refractivity contribution in [2.45, 2.75) is 25.3 Å². The van der Waals surface area contributed by atoms with Crippen molar-refractivity contribution in [1.82, 2.24) is 10.6 Å². The molecule has 0 aliphatic carbocycles. The molecule has 0 aliphatic rings. The second-order valence-corrected chi connectivity index (χ2v) is 6.75. The van der Waals surface area contributed by atoms with Gasteiger partial charge >= 0.3 is 11.9 Å². The fraction of sp³-hybridized carbons (Fsp3) is 0.273. The zero-order valence-corrected chi connectivity index (χ0v) is 16.9. The van der Waals surface area contributed by atoms with Crippen LogP contribution in [-0.2, 0) is 9.59 Å². The summed E-state index contributed by atoms with van der Waals surface area (Å²) < 4.78 is 5.27. The van der Waals surface area contributed by atoms with Crippen molar-refractivity contribution in [3.63, 3.8) is 0 Å². The summed E-state index contributed by atoms with van der Waals surface area (Å²) in [6.45, 7) is -0.0696. The number of hydrogen-bond donors (Lipinski definition) is 4. The molecule has 0 bridgehead atoms. The van der Waals surface area contributed by atoms with Gasteiger partial charge in [0.2, 0.25) is 5.91 Å². The van der Waals surface area contributed by atoms with E-state index in [1.54, 1.807) is 54.6 Å². The minimum Gasteiger partial charge on any atom is -0.480 e. The molecule has 1 atom stereocenters. The van der Waals surface area contributed by atoms with E-state index in [4.69, 9.17) is 15.6 Å². The molecule has 0 fully saturated rings. The Kier molecular flexibility index (Phi) is 9.18. The smallest absolute Gasteiger partial charge is 0.343 e. The van der Waals surface area contributed by atoms with Crippen LogP contribution in [-0.4, -0.2) is 48.0 Å². The van der Waals surface area contributed by atoms with Crippen LogP contribution in [0.15, 0.2) is 54.6 Å². The fourth-order valence-corrected chi connectivity index (χ4v) is 2.63. The number of carboxylic acids is 1. The van der Waals surface area contributed by atoms with Gasteiger partial charge in [-0.1, -0.05) is 18.2 Å². The third kappa shape index (κ3) is 8.27. The van der Waals surface area contributed by atoms with Gasteiger partial charge in [0.25, 0.3) is 5.91 Å². The number of aliphatic carboxylic acids is 1. The molecule has 164 valence electrons. The van der Waals surface area contributed by atoms with Crippen molar-refractivity contribution in [2.75, 3.05) is 13.1 Å². The Hall–Kier alpha value is -3.72. The number of rotatable bonds is 11. The SMILES string of the molecule is N[C@H](CCCCNC(=O)c1ccc(OC(=O)c2ccccc2)cc1)C(=O)NCC(=O)O. The Morgan fingerprint density at radius 1 is 0.903 bits per heavy atom. The minimum atomic E-state index is -1.13. The van der Waals surface area contributed by atoms with Crippen LogP contribution in [0, 0.1) is 0 Å². The van der Waals surface area contributed by atoms with E-state index >= 15 is 0 Å². The second kappa shape index (κ2) is 12.1. The second-order valence-electron chi connectivity index (χ2n) is 6.75. The lowest BCUT2D eigenvalue weighted by Gasteiger charge is -2.11. The number of benzene rings is 2. The van der Waals surface area contributed by atoms with Crippen molar-refractivity contribution in [2.24, 2.45) is 5.73 Å². The van der Waals surface area contributed by atoms with E-state index in [0.717, 1.165) is 0 Å². The molecule has 5 N–H and O–H groups in total. The lowest BCUT2D eigenvalue weighted by molar-refractivity contribution is -0.138. The Labute approximate surface area is 179 Å². The molecule has 0 unspecified atom stereocenters. The van der Waals surface area contributed by atoms with Crippen LogP contribution in [0.2, 0.25) is 0 Å². The maximum absolute atomic E-state index is 12.2. The van der Waals surface area contributed by atoms with Crippen molar-refractivity contribution in [3.05, 3.63) is 65.7 Å². The van der Waals surface area contributed by atoms with Crippen molar-refractivity contribution in [1.29, 1.82) is 0 Å². The number of carbonyl (C=O) groups excluding carboxylic acids is 3. The molecule has 0 heterocycles. The summed E-state index contributed by atoms with van der Waals surface area (Å²) in [6.07, 6.45) is 1.58. The molecule has 0 radical (unpaired) electrons. The van der Waals surface area contributed by atoms with Gasteiger partial charge in [0, 0.05) is 12.1 Å². The van der Waals surface area contributed by atoms with Gasteiger partial charge in [0.05, 0.1) is 11.6 Å². The molecule has 0 spiro atoms. The number of ether oxygens (including phenoxy) is 1. The zero-order valence-electron chi connectivity index (χ0n) is 16.9. The Morgan fingerprint density at radius 2 is 1.58 bits per heavy atom. The first-order valence-corrected chi connectivity index (χ1v) is 9.77. The van der Waals surface area contributed by atoms with E-state index in [0.29, 0.717) is 42.7 Å². The maximum atomic E-state index is 12.2. The Bertz CT molecular complexity index is 899. The zero-order chi connectivity index (χ0) is 22.6. The number of amides is 2. The summed E-state index contributed by atoms with van der Waals surface area (Å²) in [4.78, 5) is 46.2. The number of carbonyl (C=O) groups is 4. The number of nitrogens with one attached hydrogen (secondary N) is 2. The number of esters is 1. The van der Waals surface area contributed by atoms with Gasteiger partial charge in [-0.3, -0.25) is 14.4 Å². The molecule has 0 saturated carbocycles. The monoisotopic (exact) mass is 427 g/mol. The normalized spacial score (nSPS) is 11.3. The van der Waals surface area contributed by atoms with Crippen molar-refractivity contribution in [3.8, 4) is 5.75 Å². The summed E-state index contributed by atoms with van der Waals surface area (Å²) in [5, 5.41) is 13.5. The van der Waals surface area contributed by atoms with Gasteiger partial charge in [0.1, 0.15) is 12.3 Å². The first-order valence-electron chi connectivity index (χ1n) is 9.77. The molecule has 9 nitrogen and oxygen atoms in total. The van der Waals surface area contributed by atoms with Gasteiger partial charge in [0.15, 0.2) is 0 Å². The van der Waals surface area contributed by atoms with E-state index in [1.165, 1.54) is 0 Å². The molecular weight excluding hydrogens is 402 g/mol. The topological polar surface area (TPSA) is 148 Å². The van der Waals surface area contributed by atoms with Gasteiger partial charge in [-0.05, 0) is 55.7 Å². The highest BCUT2D eigenvalue weighted by Crippen LogP contribution is 2.14. The third-order valence-electron chi connectivity index (χ3n) is 4.31. The summed E-state index contributed by atoms with van der Waals surface area (Å²) >= 11 is 0. The average molecular weight is 427 g/mol. The van der Waals surface area contributed by atoms with Crippen LogP contribution >= 0.6 is 0 Å². The molecule has 0 aliphatic heterocycles. The molecular formula is C22H25N3O6. The highest BCUT2D eigenvalue weighted by atomic mass is 16.5. The predicted octanol–water partition coefficient (Wildman–Crippen LogP) is 1.33. The lowest BCUT2D eigenvalue weighted by Crippen LogP contribution is -2.42. The summed E-state index contributed by atoms with van der Waals surface area (Å²) in [6, 6.07) is 14.0. The number of carboxylic acid groups (broad SMARTS) is 1. The summed E-state index contributed by atoms with van der Waals surface area (Å²) in [7, 11) is 0. The summed E-state index contributed by atoms with van der Waals surface area (Å²) in [5.74, 6) is -2.07. The van der Waals surface area contributed by atoms with E-state index < -0.39 is 30.4 Å². The molecule has 2 amide bonds. The van der Waals surface area contributed by atoms with Crippen LogP contribution in [0.25, 0.3) is 0 Å². The van der Waals surface area contributed by atoms with Crippen LogP contribution < -0.4 is 21.1 Å². The van der Waals surface area contributed by atoms with Crippen molar-refractivity contribution < 1.29 is 29.0 Å². The quantitative estimate of drug-likeness (QED) is 0.240. The van der Waals surface area contributed by atoms with Gasteiger partial charge in [-0.2, -0.15) is 0 Å². The highest BCUT2D eigenvalue weighted by Gasteiger charge is 2.14. The van der Waals surface area contributed by atoms with Crippen LogP contribution in [0.3, 0.4) is 0 Å². The van der Waals surface area contributed by atoms with Gasteiger partial charge in [-0.25, -0.2) is 4.79 Å². The fourth-order valence-electron chi connectivity index (χ4n) is 2.63. The van der Waals surface area contributed by atoms with Crippen LogP contribution in [0.1, 0.15) is 40.0 Å². The first-order chi connectivity index (χ1) is 14.9. The average Bonchev–Trinajstić information content (AvgIpc) is 2.77.